The van der Waals surface area contributed by atoms with Crippen LogP contribution in [0.15, 0.2) is 12.4 Å². The molecule has 1 N–H and O–H groups in total. The van der Waals surface area contributed by atoms with Crippen molar-refractivity contribution in [1.82, 2.24) is 9.97 Å². The van der Waals surface area contributed by atoms with E-state index in [1.165, 1.54) is 6.20 Å². The summed E-state index contributed by atoms with van der Waals surface area (Å²) < 4.78 is 0.950. The zero-order valence-electron chi connectivity index (χ0n) is 7.24. The van der Waals surface area contributed by atoms with Gasteiger partial charge in [-0.25, -0.2) is 4.98 Å². The van der Waals surface area contributed by atoms with Gasteiger partial charge in [-0.1, -0.05) is 0 Å². The van der Waals surface area contributed by atoms with E-state index in [4.69, 9.17) is 0 Å². The maximum atomic E-state index is 10.7. The van der Waals surface area contributed by atoms with E-state index in [1.54, 1.807) is 13.1 Å². The standard InChI is InChI=1S/C8H6IN3O2/c1-4-6(12(13)14)3-11-8-7(4)5(9)2-10-8/h2-3H,1H3,(H,10,11). The Morgan fingerprint density at radius 3 is 3.00 bits per heavy atom. The Hall–Kier alpha value is -1.18. The molecule has 0 fully saturated rings. The van der Waals surface area contributed by atoms with Crippen molar-refractivity contribution in [2.45, 2.75) is 6.92 Å². The van der Waals surface area contributed by atoms with Crippen LogP contribution in [0.3, 0.4) is 0 Å². The van der Waals surface area contributed by atoms with Crippen LogP contribution in [0.5, 0.6) is 0 Å². The third kappa shape index (κ3) is 1.26. The van der Waals surface area contributed by atoms with E-state index in [1.807, 2.05) is 0 Å². The second-order valence-electron chi connectivity index (χ2n) is 2.89. The van der Waals surface area contributed by atoms with Crippen LogP contribution in [0.4, 0.5) is 5.69 Å². The number of halogens is 1. The third-order valence-electron chi connectivity index (χ3n) is 2.08. The molecule has 2 rings (SSSR count). The first kappa shape index (κ1) is 9.38. The summed E-state index contributed by atoms with van der Waals surface area (Å²) >= 11 is 2.13. The fourth-order valence-electron chi connectivity index (χ4n) is 1.38. The van der Waals surface area contributed by atoms with Gasteiger partial charge in [-0.15, -0.1) is 0 Å². The summed E-state index contributed by atoms with van der Waals surface area (Å²) in [7, 11) is 0. The van der Waals surface area contributed by atoms with Crippen LogP contribution in [-0.4, -0.2) is 14.9 Å². The highest BCUT2D eigenvalue weighted by atomic mass is 127. The van der Waals surface area contributed by atoms with Gasteiger partial charge in [-0.05, 0) is 29.5 Å². The van der Waals surface area contributed by atoms with Crippen LogP contribution >= 0.6 is 22.6 Å². The first-order valence-corrected chi connectivity index (χ1v) is 4.95. The van der Waals surface area contributed by atoms with Crippen molar-refractivity contribution >= 4 is 39.3 Å². The van der Waals surface area contributed by atoms with Crippen LogP contribution in [0.1, 0.15) is 5.56 Å². The van der Waals surface area contributed by atoms with Crippen molar-refractivity contribution in [1.29, 1.82) is 0 Å². The molecule has 2 aromatic heterocycles. The summed E-state index contributed by atoms with van der Waals surface area (Å²) in [5, 5.41) is 11.5. The van der Waals surface area contributed by atoms with Gasteiger partial charge in [0, 0.05) is 20.7 Å². The van der Waals surface area contributed by atoms with Crippen molar-refractivity contribution in [3.8, 4) is 0 Å². The number of aromatic amines is 1. The number of pyridine rings is 1. The average molecular weight is 303 g/mol. The van der Waals surface area contributed by atoms with E-state index >= 15 is 0 Å². The summed E-state index contributed by atoms with van der Waals surface area (Å²) in [4.78, 5) is 17.2. The summed E-state index contributed by atoms with van der Waals surface area (Å²) in [5.74, 6) is 0. The van der Waals surface area contributed by atoms with E-state index < -0.39 is 4.92 Å². The van der Waals surface area contributed by atoms with Gasteiger partial charge in [0.15, 0.2) is 0 Å². The molecule has 72 valence electrons. The number of rotatable bonds is 1. The maximum Gasteiger partial charge on any atom is 0.291 e. The maximum absolute atomic E-state index is 10.7. The van der Waals surface area contributed by atoms with Gasteiger partial charge in [0.25, 0.3) is 5.69 Å². The van der Waals surface area contributed by atoms with Crippen LogP contribution < -0.4 is 0 Å². The Bertz CT molecular complexity index is 521. The molecule has 0 amide bonds. The van der Waals surface area contributed by atoms with E-state index in [0.717, 1.165) is 8.96 Å². The predicted octanol–water partition coefficient (Wildman–Crippen LogP) is 2.38. The SMILES string of the molecule is Cc1c([N+](=O)[O-])cnc2[nH]cc(I)c12. The molecular weight excluding hydrogens is 297 g/mol. The third-order valence-corrected chi connectivity index (χ3v) is 2.93. The fraction of sp³-hybridized carbons (Fsp3) is 0.125. The monoisotopic (exact) mass is 303 g/mol. The lowest BCUT2D eigenvalue weighted by molar-refractivity contribution is -0.385. The van der Waals surface area contributed by atoms with Crippen molar-refractivity contribution in [3.63, 3.8) is 0 Å². The number of hydrogen-bond acceptors (Lipinski definition) is 3. The van der Waals surface area contributed by atoms with Crippen molar-refractivity contribution < 1.29 is 4.92 Å². The Morgan fingerprint density at radius 1 is 1.64 bits per heavy atom. The molecule has 0 radical (unpaired) electrons. The van der Waals surface area contributed by atoms with Gasteiger partial charge < -0.3 is 4.98 Å². The van der Waals surface area contributed by atoms with Crippen LogP contribution in [0.25, 0.3) is 11.0 Å². The number of aryl methyl sites for hydroxylation is 1. The Balaban J connectivity index is 2.86. The highest BCUT2D eigenvalue weighted by Gasteiger charge is 2.16. The van der Waals surface area contributed by atoms with E-state index in [0.29, 0.717) is 11.2 Å². The molecule has 14 heavy (non-hydrogen) atoms. The first-order valence-electron chi connectivity index (χ1n) is 3.88. The minimum Gasteiger partial charge on any atom is -0.345 e. The molecule has 0 aliphatic rings. The van der Waals surface area contributed by atoms with Gasteiger partial charge in [-0.2, -0.15) is 0 Å². The molecular formula is C8H6IN3O2. The molecule has 0 bridgehead atoms. The normalized spacial score (nSPS) is 10.7. The van der Waals surface area contributed by atoms with Gasteiger partial charge in [0.1, 0.15) is 11.8 Å². The molecule has 5 nitrogen and oxygen atoms in total. The topological polar surface area (TPSA) is 71.8 Å². The summed E-state index contributed by atoms with van der Waals surface area (Å²) in [6, 6.07) is 0. The number of H-pyrrole nitrogens is 1. The molecule has 0 atom stereocenters. The van der Waals surface area contributed by atoms with Gasteiger partial charge in [0.2, 0.25) is 0 Å². The molecule has 0 spiro atoms. The number of fused-ring (bicyclic) bond motifs is 1. The Morgan fingerprint density at radius 2 is 2.36 bits per heavy atom. The number of nitrogens with zero attached hydrogens (tertiary/aromatic N) is 2. The summed E-state index contributed by atoms with van der Waals surface area (Å²) in [6.07, 6.45) is 3.07. The minimum atomic E-state index is -0.412. The second kappa shape index (κ2) is 3.19. The highest BCUT2D eigenvalue weighted by Crippen LogP contribution is 2.28. The molecule has 2 aromatic rings. The van der Waals surface area contributed by atoms with E-state index in [-0.39, 0.29) is 5.69 Å². The quantitative estimate of drug-likeness (QED) is 0.499. The fourth-order valence-corrected chi connectivity index (χ4v) is 2.20. The number of aromatic nitrogens is 2. The van der Waals surface area contributed by atoms with Crippen LogP contribution in [0.2, 0.25) is 0 Å². The van der Waals surface area contributed by atoms with E-state index in [9.17, 15) is 10.1 Å². The highest BCUT2D eigenvalue weighted by molar-refractivity contribution is 14.1. The van der Waals surface area contributed by atoms with Crippen LogP contribution in [-0.2, 0) is 0 Å². The molecule has 0 aliphatic heterocycles. The molecule has 0 saturated carbocycles. The molecule has 0 aliphatic carbocycles. The van der Waals surface area contributed by atoms with Gasteiger partial charge in [0.05, 0.1) is 4.92 Å². The number of nitro groups is 1. The second-order valence-corrected chi connectivity index (χ2v) is 4.05. The zero-order chi connectivity index (χ0) is 10.3. The predicted molar refractivity (Wildman–Crippen MR) is 60.2 cm³/mol. The first-order chi connectivity index (χ1) is 6.61. The largest absolute Gasteiger partial charge is 0.345 e. The summed E-state index contributed by atoms with van der Waals surface area (Å²) in [5.41, 5.74) is 1.41. The average Bonchev–Trinajstić information content (AvgIpc) is 2.48. The lowest BCUT2D eigenvalue weighted by atomic mass is 10.2. The Labute approximate surface area is 92.8 Å². The van der Waals surface area contributed by atoms with Crippen molar-refractivity contribution in [2.24, 2.45) is 0 Å². The molecule has 0 saturated heterocycles. The van der Waals surface area contributed by atoms with Gasteiger partial charge >= 0.3 is 0 Å². The molecule has 6 heteroatoms. The molecule has 0 unspecified atom stereocenters. The smallest absolute Gasteiger partial charge is 0.291 e. The minimum absolute atomic E-state index is 0.0648. The molecule has 2 heterocycles. The number of nitrogens with one attached hydrogen (secondary N) is 1. The van der Waals surface area contributed by atoms with Gasteiger partial charge in [-0.3, -0.25) is 10.1 Å². The molecule has 0 aromatic carbocycles. The lowest BCUT2D eigenvalue weighted by Crippen LogP contribution is -1.93. The van der Waals surface area contributed by atoms with E-state index in [2.05, 4.69) is 32.6 Å². The van der Waals surface area contributed by atoms with Crippen LogP contribution in [0, 0.1) is 20.6 Å². The number of hydrogen-bond donors (Lipinski definition) is 1. The Kier molecular flexibility index (Phi) is 2.14. The van der Waals surface area contributed by atoms with Crippen molar-refractivity contribution in [2.75, 3.05) is 0 Å². The lowest BCUT2D eigenvalue weighted by Gasteiger charge is -1.98. The van der Waals surface area contributed by atoms with Crippen molar-refractivity contribution in [3.05, 3.63) is 31.6 Å². The summed E-state index contributed by atoms with van der Waals surface area (Å²) in [6.45, 7) is 1.73. The zero-order valence-corrected chi connectivity index (χ0v) is 9.40.